The maximum atomic E-state index is 13.6. The fraction of sp³-hybridized carbons (Fsp3) is 0.417. The Morgan fingerprint density at radius 2 is 2.21 bits per heavy atom. The van der Waals surface area contributed by atoms with Gasteiger partial charge in [-0.15, -0.1) is 0 Å². The first kappa shape index (κ1) is 14.0. The predicted octanol–water partition coefficient (Wildman–Crippen LogP) is 1.07. The van der Waals surface area contributed by atoms with Crippen LogP contribution < -0.4 is 10.0 Å². The Bertz CT molecular complexity index is 601. The first-order valence-electron chi connectivity index (χ1n) is 6.02. The lowest BCUT2D eigenvalue weighted by Crippen LogP contribution is -2.25. The van der Waals surface area contributed by atoms with E-state index in [2.05, 4.69) is 10.0 Å². The van der Waals surface area contributed by atoms with Gasteiger partial charge in [-0.2, -0.15) is 0 Å². The van der Waals surface area contributed by atoms with Crippen LogP contribution in [0.5, 0.6) is 0 Å². The summed E-state index contributed by atoms with van der Waals surface area (Å²) < 4.78 is 39.6. The van der Waals surface area contributed by atoms with Gasteiger partial charge in [0.05, 0.1) is 6.04 Å². The van der Waals surface area contributed by atoms with E-state index in [9.17, 15) is 17.6 Å². The molecule has 0 bridgehead atoms. The fourth-order valence-corrected chi connectivity index (χ4v) is 3.23. The van der Waals surface area contributed by atoms with Gasteiger partial charge in [-0.05, 0) is 24.1 Å². The van der Waals surface area contributed by atoms with Gasteiger partial charge in [-0.1, -0.05) is 13.0 Å². The molecule has 0 aliphatic carbocycles. The molecule has 1 aromatic carbocycles. The van der Waals surface area contributed by atoms with E-state index in [4.69, 9.17) is 0 Å². The average Bonchev–Trinajstić information content (AvgIpc) is 2.76. The van der Waals surface area contributed by atoms with Crippen LogP contribution in [-0.4, -0.2) is 20.9 Å². The van der Waals surface area contributed by atoms with Crippen molar-refractivity contribution in [3.05, 3.63) is 29.6 Å². The summed E-state index contributed by atoms with van der Waals surface area (Å²) in [5, 5.41) is 2.72. The zero-order chi connectivity index (χ0) is 14.0. The predicted molar refractivity (Wildman–Crippen MR) is 67.4 cm³/mol. The number of nitrogens with one attached hydrogen (secondary N) is 2. The van der Waals surface area contributed by atoms with Crippen molar-refractivity contribution < 1.29 is 17.6 Å². The van der Waals surface area contributed by atoms with Gasteiger partial charge in [-0.25, -0.2) is 17.5 Å². The van der Waals surface area contributed by atoms with Crippen molar-refractivity contribution in [2.24, 2.45) is 0 Å². The standard InChI is InChI=1S/C12H15FN2O3S/c1-2-14-19(17,18)11-7-8(3-4-9(11)13)10-5-6-12(16)15-10/h3-4,7,10,14H,2,5-6H2,1H3,(H,15,16). The Hall–Kier alpha value is -1.47. The maximum Gasteiger partial charge on any atom is 0.243 e. The molecule has 1 heterocycles. The average molecular weight is 286 g/mol. The molecule has 1 aliphatic heterocycles. The molecule has 0 radical (unpaired) electrons. The third kappa shape index (κ3) is 2.93. The van der Waals surface area contributed by atoms with Crippen LogP contribution >= 0.6 is 0 Å². The molecule has 1 atom stereocenters. The summed E-state index contributed by atoms with van der Waals surface area (Å²) >= 11 is 0. The van der Waals surface area contributed by atoms with Crippen LogP contribution in [0.4, 0.5) is 4.39 Å². The third-order valence-electron chi connectivity index (χ3n) is 2.98. The van der Waals surface area contributed by atoms with Gasteiger partial charge < -0.3 is 5.32 Å². The number of amides is 1. The van der Waals surface area contributed by atoms with Crippen molar-refractivity contribution in [3.8, 4) is 0 Å². The number of benzene rings is 1. The molecule has 0 saturated carbocycles. The largest absolute Gasteiger partial charge is 0.349 e. The van der Waals surface area contributed by atoms with E-state index in [0.29, 0.717) is 18.4 Å². The van der Waals surface area contributed by atoms with Gasteiger partial charge in [0.15, 0.2) is 0 Å². The summed E-state index contributed by atoms with van der Waals surface area (Å²) in [6.45, 7) is 1.81. The topological polar surface area (TPSA) is 75.3 Å². The molecule has 0 aromatic heterocycles. The Labute approximate surface area is 111 Å². The lowest BCUT2D eigenvalue weighted by Gasteiger charge is -2.13. The van der Waals surface area contributed by atoms with Crippen LogP contribution in [-0.2, 0) is 14.8 Å². The molecule has 7 heteroatoms. The summed E-state index contributed by atoms with van der Waals surface area (Å²) in [5.41, 5.74) is 0.601. The summed E-state index contributed by atoms with van der Waals surface area (Å²) in [6.07, 6.45) is 0.989. The van der Waals surface area contributed by atoms with E-state index < -0.39 is 15.8 Å². The minimum Gasteiger partial charge on any atom is -0.349 e. The molecule has 1 unspecified atom stereocenters. The van der Waals surface area contributed by atoms with Crippen LogP contribution in [0.15, 0.2) is 23.1 Å². The van der Waals surface area contributed by atoms with Crippen molar-refractivity contribution in [2.75, 3.05) is 6.54 Å². The molecule has 19 heavy (non-hydrogen) atoms. The van der Waals surface area contributed by atoms with Gasteiger partial charge in [0.2, 0.25) is 15.9 Å². The highest BCUT2D eigenvalue weighted by Gasteiger charge is 2.25. The van der Waals surface area contributed by atoms with Gasteiger partial charge in [0.25, 0.3) is 0 Å². The first-order chi connectivity index (χ1) is 8.94. The Balaban J connectivity index is 2.37. The lowest BCUT2D eigenvalue weighted by molar-refractivity contribution is -0.119. The molecule has 1 saturated heterocycles. The van der Waals surface area contributed by atoms with E-state index >= 15 is 0 Å². The summed E-state index contributed by atoms with van der Waals surface area (Å²) in [7, 11) is -3.84. The van der Waals surface area contributed by atoms with Gasteiger partial charge in [0.1, 0.15) is 10.7 Å². The highest BCUT2D eigenvalue weighted by molar-refractivity contribution is 7.89. The summed E-state index contributed by atoms with van der Waals surface area (Å²) in [6, 6.07) is 3.65. The van der Waals surface area contributed by atoms with Crippen LogP contribution in [0, 0.1) is 5.82 Å². The minimum absolute atomic E-state index is 0.0783. The zero-order valence-corrected chi connectivity index (χ0v) is 11.3. The van der Waals surface area contributed by atoms with Gasteiger partial charge in [-0.3, -0.25) is 4.79 Å². The molecule has 104 valence electrons. The second-order valence-electron chi connectivity index (χ2n) is 4.35. The van der Waals surface area contributed by atoms with Crippen LogP contribution in [0.1, 0.15) is 31.4 Å². The third-order valence-corrected chi connectivity index (χ3v) is 4.54. The van der Waals surface area contributed by atoms with Crippen molar-refractivity contribution >= 4 is 15.9 Å². The molecule has 1 aromatic rings. The van der Waals surface area contributed by atoms with Crippen molar-refractivity contribution in [3.63, 3.8) is 0 Å². The highest BCUT2D eigenvalue weighted by Crippen LogP contribution is 2.26. The normalized spacial score (nSPS) is 19.5. The molecule has 2 rings (SSSR count). The van der Waals surface area contributed by atoms with E-state index in [-0.39, 0.29) is 23.4 Å². The highest BCUT2D eigenvalue weighted by atomic mass is 32.2. The minimum atomic E-state index is -3.84. The smallest absolute Gasteiger partial charge is 0.243 e. The number of carbonyl (C=O) groups is 1. The molecule has 0 spiro atoms. The Morgan fingerprint density at radius 3 is 2.79 bits per heavy atom. The van der Waals surface area contributed by atoms with Gasteiger partial charge in [0, 0.05) is 13.0 Å². The molecular formula is C12H15FN2O3S. The van der Waals surface area contributed by atoms with E-state index in [0.717, 1.165) is 6.07 Å². The molecule has 1 aliphatic rings. The lowest BCUT2D eigenvalue weighted by atomic mass is 10.1. The number of halogens is 1. The molecule has 1 amide bonds. The monoisotopic (exact) mass is 286 g/mol. The molecule has 2 N–H and O–H groups in total. The molecule has 5 nitrogen and oxygen atoms in total. The fourth-order valence-electron chi connectivity index (χ4n) is 2.07. The van der Waals surface area contributed by atoms with E-state index in [1.807, 2.05) is 0 Å². The second-order valence-corrected chi connectivity index (χ2v) is 6.09. The SMILES string of the molecule is CCNS(=O)(=O)c1cc(C2CCC(=O)N2)ccc1F. The molecule has 1 fully saturated rings. The Kier molecular flexibility index (Phi) is 3.86. The Morgan fingerprint density at radius 1 is 1.47 bits per heavy atom. The van der Waals surface area contributed by atoms with Crippen molar-refractivity contribution in [1.82, 2.24) is 10.0 Å². The number of sulfonamides is 1. The first-order valence-corrected chi connectivity index (χ1v) is 7.51. The second kappa shape index (κ2) is 5.26. The summed E-state index contributed by atoms with van der Waals surface area (Å²) in [4.78, 5) is 10.8. The van der Waals surface area contributed by atoms with Crippen molar-refractivity contribution in [2.45, 2.75) is 30.7 Å². The summed E-state index contributed by atoms with van der Waals surface area (Å²) in [5.74, 6) is -0.876. The quantitative estimate of drug-likeness (QED) is 0.869. The van der Waals surface area contributed by atoms with E-state index in [1.165, 1.54) is 12.1 Å². The number of carbonyl (C=O) groups excluding carboxylic acids is 1. The number of hydrogen-bond donors (Lipinski definition) is 2. The van der Waals surface area contributed by atoms with Crippen LogP contribution in [0.25, 0.3) is 0 Å². The van der Waals surface area contributed by atoms with Gasteiger partial charge >= 0.3 is 0 Å². The van der Waals surface area contributed by atoms with Crippen LogP contribution in [0.3, 0.4) is 0 Å². The maximum absolute atomic E-state index is 13.6. The van der Waals surface area contributed by atoms with E-state index in [1.54, 1.807) is 6.92 Å². The molecular weight excluding hydrogens is 271 g/mol. The van der Waals surface area contributed by atoms with Crippen LogP contribution in [0.2, 0.25) is 0 Å². The number of rotatable bonds is 4. The zero-order valence-electron chi connectivity index (χ0n) is 10.4. The number of hydrogen-bond acceptors (Lipinski definition) is 3. The van der Waals surface area contributed by atoms with Crippen molar-refractivity contribution in [1.29, 1.82) is 0 Å².